The Morgan fingerprint density at radius 2 is 1.83 bits per heavy atom. The van der Waals surface area contributed by atoms with Crippen LogP contribution in [-0.4, -0.2) is 63.4 Å². The lowest BCUT2D eigenvalue weighted by Crippen LogP contribution is -2.46. The van der Waals surface area contributed by atoms with Gasteiger partial charge in [-0.05, 0) is 78.1 Å². The highest BCUT2D eigenvalue weighted by molar-refractivity contribution is 5.93. The van der Waals surface area contributed by atoms with E-state index in [0.29, 0.717) is 30.6 Å². The molecule has 2 aliphatic rings. The second-order valence-electron chi connectivity index (χ2n) is 9.48. The summed E-state index contributed by atoms with van der Waals surface area (Å²) in [6.07, 6.45) is 6.15. The van der Waals surface area contributed by atoms with E-state index in [9.17, 15) is 18.0 Å². The molecule has 2 fully saturated rings. The van der Waals surface area contributed by atoms with Gasteiger partial charge in [-0.15, -0.1) is 12.3 Å². The van der Waals surface area contributed by atoms with E-state index >= 15 is 0 Å². The first-order valence-corrected chi connectivity index (χ1v) is 12.0. The fraction of sp³-hybridized carbons (Fsp3) is 0.577. The molecule has 1 saturated carbocycles. The minimum Gasteiger partial charge on any atom is -0.358 e. The number of carbonyl (C=O) groups excluding carboxylic acids is 1. The van der Waals surface area contributed by atoms with Crippen LogP contribution in [0.1, 0.15) is 58.4 Å². The van der Waals surface area contributed by atoms with E-state index in [1.54, 1.807) is 6.92 Å². The van der Waals surface area contributed by atoms with E-state index in [0.717, 1.165) is 37.8 Å². The number of aromatic nitrogens is 2. The molecule has 1 atom stereocenters. The molecule has 1 amide bonds. The van der Waals surface area contributed by atoms with Crippen LogP contribution >= 0.6 is 0 Å². The van der Waals surface area contributed by atoms with E-state index in [1.807, 2.05) is 4.90 Å². The van der Waals surface area contributed by atoms with Crippen LogP contribution in [0.4, 0.5) is 19.0 Å². The van der Waals surface area contributed by atoms with Gasteiger partial charge in [0.1, 0.15) is 18.2 Å². The molecule has 1 aromatic heterocycles. The number of nitrogens with zero attached hydrogens (tertiary/aromatic N) is 4. The van der Waals surface area contributed by atoms with Crippen molar-refractivity contribution in [1.29, 1.82) is 0 Å². The lowest BCUT2D eigenvalue weighted by atomic mass is 9.89. The summed E-state index contributed by atoms with van der Waals surface area (Å²) < 4.78 is 39.5. The molecule has 1 aromatic carbocycles. The first-order chi connectivity index (χ1) is 16.6. The lowest BCUT2D eigenvalue weighted by Gasteiger charge is -2.39. The molecule has 9 heteroatoms. The van der Waals surface area contributed by atoms with Gasteiger partial charge < -0.3 is 15.1 Å². The topological polar surface area (TPSA) is 61.4 Å². The summed E-state index contributed by atoms with van der Waals surface area (Å²) >= 11 is 0. The third-order valence-corrected chi connectivity index (χ3v) is 7.01. The van der Waals surface area contributed by atoms with E-state index in [1.165, 1.54) is 12.4 Å². The maximum atomic E-state index is 13.2. The number of hydrogen-bond donors (Lipinski definition) is 1. The summed E-state index contributed by atoms with van der Waals surface area (Å²) in [5.74, 6) is 2.52. The molecule has 1 aliphatic carbocycles. The van der Waals surface area contributed by atoms with Crippen LogP contribution in [0, 0.1) is 12.3 Å². The Kier molecular flexibility index (Phi) is 8.60. The molecule has 1 unspecified atom stereocenters. The molecule has 0 bridgehead atoms. The SMILES string of the molecule is C#CC.CC(C)N(C)C1CCC(N2CCC(Nc3ncnc4ccc(C(F)(F)F)cc34)C2=O)CC1. The summed E-state index contributed by atoms with van der Waals surface area (Å²) in [6.45, 7) is 6.70. The van der Waals surface area contributed by atoms with Gasteiger partial charge in [0.2, 0.25) is 5.91 Å². The maximum absolute atomic E-state index is 13.2. The summed E-state index contributed by atoms with van der Waals surface area (Å²) in [5, 5.41) is 3.37. The van der Waals surface area contributed by atoms with Crippen molar-refractivity contribution in [2.45, 2.75) is 83.2 Å². The van der Waals surface area contributed by atoms with E-state index in [4.69, 9.17) is 0 Å². The minimum atomic E-state index is -4.45. The minimum absolute atomic E-state index is 0.00408. The number of amides is 1. The zero-order valence-electron chi connectivity index (χ0n) is 20.8. The van der Waals surface area contributed by atoms with Crippen molar-refractivity contribution in [2.24, 2.45) is 0 Å². The molecular formula is C26H34F3N5O. The smallest absolute Gasteiger partial charge is 0.358 e. The molecule has 1 aliphatic heterocycles. The Labute approximate surface area is 205 Å². The van der Waals surface area contributed by atoms with Crippen molar-refractivity contribution in [3.8, 4) is 12.3 Å². The average molecular weight is 490 g/mol. The Morgan fingerprint density at radius 3 is 2.43 bits per heavy atom. The van der Waals surface area contributed by atoms with Crippen molar-refractivity contribution in [2.75, 3.05) is 18.9 Å². The molecule has 2 heterocycles. The first kappa shape index (κ1) is 26.7. The van der Waals surface area contributed by atoms with Gasteiger partial charge in [0.15, 0.2) is 0 Å². The van der Waals surface area contributed by atoms with Crippen LogP contribution in [0.2, 0.25) is 0 Å². The third kappa shape index (κ3) is 6.23. The first-order valence-electron chi connectivity index (χ1n) is 12.0. The summed E-state index contributed by atoms with van der Waals surface area (Å²) in [7, 11) is 2.16. The number of likely N-dealkylation sites (tertiary alicyclic amines) is 1. The Balaban J connectivity index is 0.00000108. The average Bonchev–Trinajstić information content (AvgIpc) is 3.18. The zero-order valence-corrected chi connectivity index (χ0v) is 20.8. The second-order valence-corrected chi connectivity index (χ2v) is 9.48. The van der Waals surface area contributed by atoms with Crippen molar-refractivity contribution < 1.29 is 18.0 Å². The molecule has 35 heavy (non-hydrogen) atoms. The highest BCUT2D eigenvalue weighted by Gasteiger charge is 2.38. The number of alkyl halides is 3. The highest BCUT2D eigenvalue weighted by atomic mass is 19.4. The maximum Gasteiger partial charge on any atom is 0.416 e. The van der Waals surface area contributed by atoms with E-state index < -0.39 is 17.8 Å². The summed E-state index contributed by atoms with van der Waals surface area (Å²) in [4.78, 5) is 25.7. The van der Waals surface area contributed by atoms with Crippen LogP contribution in [-0.2, 0) is 11.0 Å². The van der Waals surface area contributed by atoms with Gasteiger partial charge >= 0.3 is 6.18 Å². The number of halogens is 3. The highest BCUT2D eigenvalue weighted by Crippen LogP contribution is 2.34. The van der Waals surface area contributed by atoms with Gasteiger partial charge in [0, 0.05) is 30.1 Å². The Morgan fingerprint density at radius 1 is 1.17 bits per heavy atom. The van der Waals surface area contributed by atoms with Crippen molar-refractivity contribution in [1.82, 2.24) is 19.8 Å². The number of anilines is 1. The summed E-state index contributed by atoms with van der Waals surface area (Å²) in [5.41, 5.74) is -0.351. The monoisotopic (exact) mass is 489 g/mol. The number of benzene rings is 1. The molecule has 0 radical (unpaired) electrons. The molecule has 1 N–H and O–H groups in total. The molecule has 2 aromatic rings. The fourth-order valence-corrected chi connectivity index (χ4v) is 4.91. The molecule has 4 rings (SSSR count). The number of hydrogen-bond acceptors (Lipinski definition) is 5. The molecule has 0 spiro atoms. The van der Waals surface area contributed by atoms with Crippen LogP contribution in [0.25, 0.3) is 10.9 Å². The Bertz CT molecular complexity index is 1060. The predicted octanol–water partition coefficient (Wildman–Crippen LogP) is 4.95. The van der Waals surface area contributed by atoms with Gasteiger partial charge in [-0.1, -0.05) is 0 Å². The van der Waals surface area contributed by atoms with Crippen molar-refractivity contribution in [3.05, 3.63) is 30.1 Å². The molecule has 6 nitrogen and oxygen atoms in total. The predicted molar refractivity (Wildman–Crippen MR) is 132 cm³/mol. The molecule has 1 saturated heterocycles. The fourth-order valence-electron chi connectivity index (χ4n) is 4.91. The van der Waals surface area contributed by atoms with E-state index in [-0.39, 0.29) is 23.2 Å². The van der Waals surface area contributed by atoms with Gasteiger partial charge in [-0.25, -0.2) is 9.97 Å². The third-order valence-electron chi connectivity index (χ3n) is 7.01. The zero-order chi connectivity index (χ0) is 25.8. The number of nitrogens with one attached hydrogen (secondary N) is 1. The van der Waals surface area contributed by atoms with Gasteiger partial charge in [-0.2, -0.15) is 13.2 Å². The van der Waals surface area contributed by atoms with Gasteiger partial charge in [0.05, 0.1) is 11.1 Å². The molecular weight excluding hydrogens is 455 g/mol. The van der Waals surface area contributed by atoms with Gasteiger partial charge in [0.25, 0.3) is 0 Å². The number of rotatable bonds is 5. The number of fused-ring (bicyclic) bond motifs is 1. The van der Waals surface area contributed by atoms with Crippen molar-refractivity contribution >= 4 is 22.6 Å². The second kappa shape index (κ2) is 11.3. The van der Waals surface area contributed by atoms with Crippen LogP contribution < -0.4 is 5.32 Å². The van der Waals surface area contributed by atoms with E-state index in [2.05, 4.69) is 53.4 Å². The normalized spacial score (nSPS) is 22.8. The number of terminal acetylenes is 1. The van der Waals surface area contributed by atoms with Gasteiger partial charge in [-0.3, -0.25) is 4.79 Å². The number of carbonyl (C=O) groups is 1. The largest absolute Gasteiger partial charge is 0.416 e. The standard InChI is InChI=1S/C23H30F3N5O.C3H4/c1-14(2)30(3)16-5-7-17(8-6-16)31-11-10-20(22(31)32)29-21-18-12-15(23(24,25)26)4-9-19(18)27-13-28-21;1-3-2/h4,9,12-14,16-17,20H,5-8,10-11H2,1-3H3,(H,27,28,29);1H,2H3. The molecule has 190 valence electrons. The van der Waals surface area contributed by atoms with Crippen LogP contribution in [0.3, 0.4) is 0 Å². The van der Waals surface area contributed by atoms with Crippen LogP contribution in [0.15, 0.2) is 24.5 Å². The summed E-state index contributed by atoms with van der Waals surface area (Å²) in [6, 6.07) is 4.17. The van der Waals surface area contributed by atoms with Crippen LogP contribution in [0.5, 0.6) is 0 Å². The quantitative estimate of drug-likeness (QED) is 0.602. The van der Waals surface area contributed by atoms with Crippen molar-refractivity contribution in [3.63, 3.8) is 0 Å². The Hall–Kier alpha value is -2.86. The lowest BCUT2D eigenvalue weighted by molar-refractivity contribution is -0.137.